The molecular formula is C19H31N3O4S2. The minimum atomic E-state index is -3.18. The van der Waals surface area contributed by atoms with E-state index in [-0.39, 0.29) is 11.4 Å². The van der Waals surface area contributed by atoms with Gasteiger partial charge in [-0.1, -0.05) is 19.3 Å². The molecule has 2 N–H and O–H groups in total. The van der Waals surface area contributed by atoms with Crippen molar-refractivity contribution >= 4 is 27.3 Å². The molecule has 1 saturated heterocycles. The average molecular weight is 430 g/mol. The van der Waals surface area contributed by atoms with Gasteiger partial charge in [-0.05, 0) is 31.4 Å². The maximum Gasteiger partial charge on any atom is 0.261 e. The number of sulfonamides is 1. The second-order valence-corrected chi connectivity index (χ2v) is 10.8. The normalized spacial score (nSPS) is 20.8. The Kier molecular flexibility index (Phi) is 7.49. The average Bonchev–Trinajstić information content (AvgIpc) is 3.15. The predicted molar refractivity (Wildman–Crippen MR) is 111 cm³/mol. The topological polar surface area (TPSA) is 87.7 Å². The van der Waals surface area contributed by atoms with Crippen molar-refractivity contribution in [1.82, 2.24) is 14.9 Å². The first-order chi connectivity index (χ1) is 13.4. The number of ether oxygens (including phenoxy) is 1. The predicted octanol–water partition coefficient (Wildman–Crippen LogP) is 1.60. The van der Waals surface area contributed by atoms with Crippen molar-refractivity contribution in [2.24, 2.45) is 0 Å². The summed E-state index contributed by atoms with van der Waals surface area (Å²) >= 11 is 1.43. The highest BCUT2D eigenvalue weighted by Gasteiger charge is 2.38. The van der Waals surface area contributed by atoms with Crippen molar-refractivity contribution in [3.63, 3.8) is 0 Å². The van der Waals surface area contributed by atoms with E-state index in [0.717, 1.165) is 50.3 Å². The molecule has 1 aromatic rings. The summed E-state index contributed by atoms with van der Waals surface area (Å²) in [4.78, 5) is 16.9. The summed E-state index contributed by atoms with van der Waals surface area (Å²) in [6.07, 6.45) is 7.68. The summed E-state index contributed by atoms with van der Waals surface area (Å²) < 4.78 is 30.3. The first-order valence-corrected chi connectivity index (χ1v) is 12.7. The number of nitrogens with one attached hydrogen (secondary N) is 2. The maximum atomic E-state index is 12.7. The molecule has 1 amide bonds. The number of hydrogen-bond donors (Lipinski definition) is 2. The van der Waals surface area contributed by atoms with Gasteiger partial charge in [0.2, 0.25) is 10.0 Å². The van der Waals surface area contributed by atoms with Crippen LogP contribution in [0.25, 0.3) is 0 Å². The van der Waals surface area contributed by atoms with Crippen LogP contribution in [0.1, 0.15) is 46.7 Å². The van der Waals surface area contributed by atoms with Gasteiger partial charge < -0.3 is 10.1 Å². The van der Waals surface area contributed by atoms with Gasteiger partial charge in [-0.2, -0.15) is 0 Å². The standard InChI is InChI=1S/C19H31N3O4S2/c1-28(24,25)21-10-7-16-5-6-17(27-16)18(23)20-15-19(8-3-2-4-9-19)22-11-13-26-14-12-22/h5-6,21H,2-4,7-15H2,1H3,(H,20,23). The maximum absolute atomic E-state index is 12.7. The van der Waals surface area contributed by atoms with Gasteiger partial charge in [-0.15, -0.1) is 11.3 Å². The number of carbonyl (C=O) groups excluding carboxylic acids is 1. The highest BCUT2D eigenvalue weighted by molar-refractivity contribution is 7.88. The number of amides is 1. The van der Waals surface area contributed by atoms with Crippen LogP contribution >= 0.6 is 11.3 Å². The second kappa shape index (κ2) is 9.67. The highest BCUT2D eigenvalue weighted by atomic mass is 32.2. The number of nitrogens with zero attached hydrogens (tertiary/aromatic N) is 1. The molecule has 0 atom stereocenters. The van der Waals surface area contributed by atoms with Crippen LogP contribution in [0.5, 0.6) is 0 Å². The molecule has 1 saturated carbocycles. The van der Waals surface area contributed by atoms with E-state index in [9.17, 15) is 13.2 Å². The van der Waals surface area contributed by atoms with Gasteiger partial charge in [0.1, 0.15) is 0 Å². The van der Waals surface area contributed by atoms with Crippen molar-refractivity contribution in [3.8, 4) is 0 Å². The lowest BCUT2D eigenvalue weighted by molar-refractivity contribution is -0.0361. The van der Waals surface area contributed by atoms with Gasteiger partial charge >= 0.3 is 0 Å². The van der Waals surface area contributed by atoms with Gasteiger partial charge in [0.05, 0.1) is 24.3 Å². The number of rotatable bonds is 8. The molecule has 1 aliphatic carbocycles. The van der Waals surface area contributed by atoms with E-state index in [1.165, 1.54) is 30.6 Å². The highest BCUT2D eigenvalue weighted by Crippen LogP contribution is 2.34. The molecule has 0 unspecified atom stereocenters. The van der Waals surface area contributed by atoms with Crippen LogP contribution in [0.15, 0.2) is 12.1 Å². The quantitative estimate of drug-likeness (QED) is 0.655. The zero-order chi connectivity index (χ0) is 20.0. The molecule has 2 fully saturated rings. The Morgan fingerprint density at radius 3 is 2.61 bits per heavy atom. The summed E-state index contributed by atoms with van der Waals surface area (Å²) in [5.41, 5.74) is 0.0528. The van der Waals surface area contributed by atoms with Crippen molar-refractivity contribution in [2.75, 3.05) is 45.6 Å². The lowest BCUT2D eigenvalue weighted by Crippen LogP contribution is -2.59. The molecule has 28 heavy (non-hydrogen) atoms. The van der Waals surface area contributed by atoms with Crippen LogP contribution in [-0.4, -0.2) is 70.4 Å². The Balaban J connectivity index is 1.56. The molecule has 158 valence electrons. The molecule has 1 aliphatic heterocycles. The molecule has 0 spiro atoms. The third-order valence-electron chi connectivity index (χ3n) is 5.67. The molecule has 2 aliphatic rings. The fourth-order valence-corrected chi connectivity index (χ4v) is 5.57. The molecule has 7 nitrogen and oxygen atoms in total. The second-order valence-electron chi connectivity index (χ2n) is 7.75. The summed E-state index contributed by atoms with van der Waals surface area (Å²) in [6, 6.07) is 3.74. The molecular weight excluding hydrogens is 398 g/mol. The van der Waals surface area contributed by atoms with Crippen LogP contribution in [0.3, 0.4) is 0 Å². The number of carbonyl (C=O) groups is 1. The first-order valence-electron chi connectivity index (χ1n) is 10.0. The van der Waals surface area contributed by atoms with Crippen molar-refractivity contribution in [2.45, 2.75) is 44.1 Å². The Labute approximate surface area is 171 Å². The van der Waals surface area contributed by atoms with Crippen LogP contribution in [0.4, 0.5) is 0 Å². The van der Waals surface area contributed by atoms with E-state index >= 15 is 0 Å². The number of thiophene rings is 1. The molecule has 0 aromatic carbocycles. The van der Waals surface area contributed by atoms with Crippen LogP contribution < -0.4 is 10.0 Å². The minimum absolute atomic E-state index is 0.0365. The zero-order valence-electron chi connectivity index (χ0n) is 16.5. The van der Waals surface area contributed by atoms with Gasteiger partial charge in [0.25, 0.3) is 5.91 Å². The molecule has 2 heterocycles. The van der Waals surface area contributed by atoms with Crippen LogP contribution in [0, 0.1) is 0 Å². The molecule has 9 heteroatoms. The lowest BCUT2D eigenvalue weighted by atomic mass is 9.79. The van der Waals surface area contributed by atoms with E-state index < -0.39 is 10.0 Å². The molecule has 3 rings (SSSR count). The fourth-order valence-electron chi connectivity index (χ4n) is 4.18. The van der Waals surface area contributed by atoms with Gasteiger partial charge in [0, 0.05) is 36.6 Å². The molecule has 0 radical (unpaired) electrons. The minimum Gasteiger partial charge on any atom is -0.379 e. The lowest BCUT2D eigenvalue weighted by Gasteiger charge is -2.48. The Bertz CT molecular complexity index is 751. The Hall–Kier alpha value is -1.00. The van der Waals surface area contributed by atoms with Gasteiger partial charge in [-0.25, -0.2) is 13.1 Å². The van der Waals surface area contributed by atoms with Gasteiger partial charge in [0.15, 0.2) is 0 Å². The summed E-state index contributed by atoms with van der Waals surface area (Å²) in [5, 5.41) is 3.18. The van der Waals surface area contributed by atoms with Gasteiger partial charge in [-0.3, -0.25) is 9.69 Å². The summed E-state index contributed by atoms with van der Waals surface area (Å²) in [6.45, 7) is 4.44. The monoisotopic (exact) mass is 429 g/mol. The van der Waals surface area contributed by atoms with E-state index in [4.69, 9.17) is 4.74 Å². The van der Waals surface area contributed by atoms with Crippen molar-refractivity contribution in [1.29, 1.82) is 0 Å². The summed E-state index contributed by atoms with van der Waals surface area (Å²) in [5.74, 6) is -0.0365. The third kappa shape index (κ3) is 6.00. The first kappa shape index (κ1) is 21.7. The van der Waals surface area contributed by atoms with E-state index in [1.54, 1.807) is 0 Å². The van der Waals surface area contributed by atoms with Crippen LogP contribution in [0.2, 0.25) is 0 Å². The van der Waals surface area contributed by atoms with E-state index in [0.29, 0.717) is 24.4 Å². The SMILES string of the molecule is CS(=O)(=O)NCCc1ccc(C(=O)NCC2(N3CCOCC3)CCCCC2)s1. The fraction of sp³-hybridized carbons (Fsp3) is 0.737. The number of morpholine rings is 1. The van der Waals surface area contributed by atoms with E-state index in [1.807, 2.05) is 12.1 Å². The summed E-state index contributed by atoms with van der Waals surface area (Å²) in [7, 11) is -3.18. The smallest absolute Gasteiger partial charge is 0.261 e. The Morgan fingerprint density at radius 1 is 1.21 bits per heavy atom. The van der Waals surface area contributed by atoms with Crippen molar-refractivity contribution in [3.05, 3.63) is 21.9 Å². The van der Waals surface area contributed by atoms with Crippen LogP contribution in [-0.2, 0) is 21.2 Å². The zero-order valence-corrected chi connectivity index (χ0v) is 18.2. The third-order valence-corrected chi connectivity index (χ3v) is 7.54. The largest absolute Gasteiger partial charge is 0.379 e. The Morgan fingerprint density at radius 2 is 1.93 bits per heavy atom. The number of hydrogen-bond acceptors (Lipinski definition) is 6. The van der Waals surface area contributed by atoms with E-state index in [2.05, 4.69) is 14.9 Å². The van der Waals surface area contributed by atoms with Crippen molar-refractivity contribution < 1.29 is 17.9 Å². The molecule has 0 bridgehead atoms. The molecule has 1 aromatic heterocycles.